The van der Waals surface area contributed by atoms with E-state index in [9.17, 15) is 5.53 Å². The standard InChI is InChI=1S/C18H29N3O3.H2O4S/c1-3-5-9-23-17-14-16(21-7-11-22-12-8-21)18(13-15(17)20-19)24-10-6-4-2;1-5(2,3)4/h13-14,17H,3-12H2,1-2H3;(H2,1,2,3,4). The molecule has 0 aromatic heterocycles. The number of morpholine rings is 1. The summed E-state index contributed by atoms with van der Waals surface area (Å²) in [5.74, 6) is 0.758. The molecule has 10 nitrogen and oxygen atoms in total. The molecule has 1 unspecified atom stereocenters. The third-order valence-corrected chi connectivity index (χ3v) is 4.15. The molecule has 0 saturated carbocycles. The van der Waals surface area contributed by atoms with Gasteiger partial charge in [-0.25, -0.2) is 0 Å². The van der Waals surface area contributed by atoms with Gasteiger partial charge >= 0.3 is 16.1 Å². The van der Waals surface area contributed by atoms with Crippen LogP contribution in [-0.4, -0.2) is 78.5 Å². The van der Waals surface area contributed by atoms with Crippen LogP contribution in [-0.2, 0) is 24.6 Å². The fraction of sp³-hybridized carbons (Fsp3) is 0.722. The molecule has 2 rings (SSSR count). The van der Waals surface area contributed by atoms with E-state index in [4.69, 9.17) is 31.7 Å². The fourth-order valence-corrected chi connectivity index (χ4v) is 2.68. The molecular formula is C18H31N3O7S. The van der Waals surface area contributed by atoms with Crippen LogP contribution in [0.4, 0.5) is 0 Å². The van der Waals surface area contributed by atoms with Gasteiger partial charge in [-0.1, -0.05) is 26.7 Å². The van der Waals surface area contributed by atoms with Crippen molar-refractivity contribution in [3.05, 3.63) is 29.1 Å². The highest BCUT2D eigenvalue weighted by Gasteiger charge is 2.31. The Bertz CT molecular complexity index is 701. The van der Waals surface area contributed by atoms with Crippen LogP contribution in [0.5, 0.6) is 0 Å². The van der Waals surface area contributed by atoms with Gasteiger partial charge in [0.15, 0.2) is 6.10 Å². The molecule has 0 radical (unpaired) electrons. The zero-order chi connectivity index (χ0) is 21.7. The van der Waals surface area contributed by atoms with E-state index in [-0.39, 0.29) is 6.10 Å². The van der Waals surface area contributed by atoms with Crippen LogP contribution < -0.4 is 0 Å². The van der Waals surface area contributed by atoms with Crippen LogP contribution >= 0.6 is 0 Å². The van der Waals surface area contributed by atoms with Crippen LogP contribution in [0.3, 0.4) is 0 Å². The van der Waals surface area contributed by atoms with E-state index >= 15 is 0 Å². The van der Waals surface area contributed by atoms with Crippen LogP contribution in [0.15, 0.2) is 23.6 Å². The largest absolute Gasteiger partial charge is 0.491 e. The number of hydrogen-bond donors (Lipinski definition) is 2. The Morgan fingerprint density at radius 3 is 2.34 bits per heavy atom. The lowest BCUT2D eigenvalue weighted by Crippen LogP contribution is -2.39. The second kappa shape index (κ2) is 13.5. The smallest absolute Gasteiger partial charge is 0.394 e. The topological polar surface area (TPSA) is 142 Å². The lowest BCUT2D eigenvalue weighted by Gasteiger charge is -2.33. The van der Waals surface area contributed by atoms with Gasteiger partial charge in [0.25, 0.3) is 0 Å². The summed E-state index contributed by atoms with van der Waals surface area (Å²) in [6, 6.07) is 0. The van der Waals surface area contributed by atoms with Gasteiger partial charge in [-0.05, 0) is 18.9 Å². The van der Waals surface area contributed by atoms with E-state index in [0.717, 1.165) is 50.2 Å². The van der Waals surface area contributed by atoms with E-state index < -0.39 is 10.4 Å². The molecule has 1 aliphatic carbocycles. The normalized spacial score (nSPS) is 19.5. The van der Waals surface area contributed by atoms with Crippen molar-refractivity contribution in [3.8, 4) is 0 Å². The highest BCUT2D eigenvalue weighted by atomic mass is 32.3. The summed E-state index contributed by atoms with van der Waals surface area (Å²) in [6.07, 6.45) is 7.61. The Labute approximate surface area is 172 Å². The SMILES string of the molecule is CCCCOC1=CC(=[N+]=[N-])C(OCCCC)C=C1N1CCOCC1.O=S(=O)(O)O. The van der Waals surface area contributed by atoms with E-state index in [1.165, 1.54) is 0 Å². The van der Waals surface area contributed by atoms with Crippen molar-refractivity contribution in [2.24, 2.45) is 0 Å². The molecular weight excluding hydrogens is 402 g/mol. The van der Waals surface area contributed by atoms with Crippen LogP contribution in [0, 0.1) is 0 Å². The summed E-state index contributed by atoms with van der Waals surface area (Å²) in [5.41, 5.74) is 10.9. The Hall–Kier alpha value is -1.75. The second-order valence-corrected chi connectivity index (χ2v) is 7.38. The van der Waals surface area contributed by atoms with Crippen molar-refractivity contribution < 1.29 is 36.5 Å². The van der Waals surface area contributed by atoms with Crippen molar-refractivity contribution in [2.75, 3.05) is 39.5 Å². The number of nitrogens with zero attached hydrogens (tertiary/aromatic N) is 3. The molecule has 0 spiro atoms. The first-order chi connectivity index (χ1) is 13.8. The summed E-state index contributed by atoms with van der Waals surface area (Å²) >= 11 is 0. The molecule has 2 aliphatic rings. The highest BCUT2D eigenvalue weighted by molar-refractivity contribution is 7.79. The monoisotopic (exact) mass is 433 g/mol. The molecule has 1 atom stereocenters. The Morgan fingerprint density at radius 2 is 1.79 bits per heavy atom. The van der Waals surface area contributed by atoms with E-state index in [2.05, 4.69) is 23.5 Å². The van der Waals surface area contributed by atoms with Crippen molar-refractivity contribution in [1.82, 2.24) is 4.90 Å². The molecule has 11 heteroatoms. The molecule has 1 fully saturated rings. The van der Waals surface area contributed by atoms with Crippen molar-refractivity contribution in [1.29, 1.82) is 0 Å². The van der Waals surface area contributed by atoms with Gasteiger partial charge in [0, 0.05) is 19.7 Å². The molecule has 0 aromatic carbocycles. The quantitative estimate of drug-likeness (QED) is 0.244. The fourth-order valence-electron chi connectivity index (χ4n) is 2.68. The maximum absolute atomic E-state index is 9.35. The van der Waals surface area contributed by atoms with Gasteiger partial charge in [-0.15, -0.1) is 0 Å². The second-order valence-electron chi connectivity index (χ2n) is 6.48. The molecule has 0 amide bonds. The Balaban J connectivity index is 0.000000749. The minimum atomic E-state index is -4.67. The molecule has 1 aliphatic heterocycles. The maximum Gasteiger partial charge on any atom is 0.394 e. The van der Waals surface area contributed by atoms with Gasteiger partial charge in [-0.3, -0.25) is 9.11 Å². The zero-order valence-corrected chi connectivity index (χ0v) is 17.8. The molecule has 2 N–H and O–H groups in total. The highest BCUT2D eigenvalue weighted by Crippen LogP contribution is 2.25. The Kier molecular flexibility index (Phi) is 11.7. The molecule has 0 aromatic rings. The number of rotatable bonds is 9. The van der Waals surface area contributed by atoms with Gasteiger partial charge in [0.1, 0.15) is 5.76 Å². The predicted molar refractivity (Wildman–Crippen MR) is 107 cm³/mol. The maximum atomic E-state index is 9.35. The summed E-state index contributed by atoms with van der Waals surface area (Å²) in [6.45, 7) is 8.64. The van der Waals surface area contributed by atoms with E-state index in [0.29, 0.717) is 32.1 Å². The molecule has 1 heterocycles. The third kappa shape index (κ3) is 10.6. The summed E-state index contributed by atoms with van der Waals surface area (Å²) in [7, 11) is -4.67. The first kappa shape index (κ1) is 25.3. The molecule has 0 bridgehead atoms. The minimum absolute atomic E-state index is 0.335. The third-order valence-electron chi connectivity index (χ3n) is 4.15. The van der Waals surface area contributed by atoms with Gasteiger partial charge in [-0.2, -0.15) is 13.2 Å². The minimum Gasteiger partial charge on any atom is -0.491 e. The van der Waals surface area contributed by atoms with Gasteiger partial charge in [0.2, 0.25) is 0 Å². The van der Waals surface area contributed by atoms with Crippen LogP contribution in [0.1, 0.15) is 39.5 Å². The molecule has 29 heavy (non-hydrogen) atoms. The predicted octanol–water partition coefficient (Wildman–Crippen LogP) is 2.12. The molecule has 1 saturated heterocycles. The average molecular weight is 434 g/mol. The summed E-state index contributed by atoms with van der Waals surface area (Å²) in [5, 5.41) is 0. The van der Waals surface area contributed by atoms with Gasteiger partial charge < -0.3 is 24.6 Å². The lowest BCUT2D eigenvalue weighted by atomic mass is 10.0. The summed E-state index contributed by atoms with van der Waals surface area (Å²) < 4.78 is 48.9. The average Bonchev–Trinajstić information content (AvgIpc) is 2.68. The van der Waals surface area contributed by atoms with Crippen LogP contribution in [0.25, 0.3) is 5.53 Å². The van der Waals surface area contributed by atoms with Gasteiger partial charge in [0.05, 0.1) is 31.6 Å². The first-order valence-electron chi connectivity index (χ1n) is 9.72. The van der Waals surface area contributed by atoms with Crippen molar-refractivity contribution in [3.63, 3.8) is 0 Å². The number of ether oxygens (including phenoxy) is 3. The molecule has 166 valence electrons. The number of hydrogen-bond acceptors (Lipinski definition) is 6. The lowest BCUT2D eigenvalue weighted by molar-refractivity contribution is -0.0241. The van der Waals surface area contributed by atoms with Crippen molar-refractivity contribution in [2.45, 2.75) is 45.6 Å². The van der Waals surface area contributed by atoms with E-state index in [1.807, 2.05) is 6.08 Å². The number of unbranched alkanes of at least 4 members (excludes halogenated alkanes) is 2. The Morgan fingerprint density at radius 1 is 1.21 bits per heavy atom. The van der Waals surface area contributed by atoms with E-state index in [1.54, 1.807) is 6.08 Å². The summed E-state index contributed by atoms with van der Waals surface area (Å²) in [4.78, 5) is 5.67. The van der Waals surface area contributed by atoms with Crippen molar-refractivity contribution >= 4 is 16.1 Å². The first-order valence-corrected chi connectivity index (χ1v) is 11.1. The zero-order valence-electron chi connectivity index (χ0n) is 17.0. The van der Waals surface area contributed by atoms with Crippen LogP contribution in [0.2, 0.25) is 0 Å².